The molecule has 0 saturated heterocycles. The first-order valence-electron chi connectivity index (χ1n) is 6.26. The first-order valence-corrected chi connectivity index (χ1v) is 6.26. The van der Waals surface area contributed by atoms with Crippen LogP contribution in [0.15, 0.2) is 36.4 Å². The molecule has 0 atom stereocenters. The van der Waals surface area contributed by atoms with Crippen LogP contribution in [0.3, 0.4) is 0 Å². The van der Waals surface area contributed by atoms with E-state index in [9.17, 15) is 4.79 Å². The summed E-state index contributed by atoms with van der Waals surface area (Å²) in [6.45, 7) is 4.23. The largest absolute Gasteiger partial charge is 0.399 e. The molecule has 0 amide bonds. The summed E-state index contributed by atoms with van der Waals surface area (Å²) in [5.41, 5.74) is 16.0. The van der Waals surface area contributed by atoms with Gasteiger partial charge >= 0.3 is 0 Å². The van der Waals surface area contributed by atoms with Crippen LogP contribution in [-0.2, 0) is 5.41 Å². The molecular formula is C16H16N2O. The van der Waals surface area contributed by atoms with Gasteiger partial charge in [0.1, 0.15) is 0 Å². The van der Waals surface area contributed by atoms with Crippen LogP contribution in [-0.4, -0.2) is 5.78 Å². The van der Waals surface area contributed by atoms with E-state index >= 15 is 0 Å². The van der Waals surface area contributed by atoms with Crippen molar-refractivity contribution in [2.24, 2.45) is 0 Å². The van der Waals surface area contributed by atoms with Crippen LogP contribution in [0.2, 0.25) is 0 Å². The minimum Gasteiger partial charge on any atom is -0.399 e. The highest BCUT2D eigenvalue weighted by atomic mass is 16.1. The Hall–Kier alpha value is -2.29. The fourth-order valence-corrected chi connectivity index (χ4v) is 2.88. The van der Waals surface area contributed by atoms with Gasteiger partial charge < -0.3 is 11.5 Å². The number of hydrogen-bond acceptors (Lipinski definition) is 3. The minimum atomic E-state index is -0.222. The molecule has 0 radical (unpaired) electrons. The van der Waals surface area contributed by atoms with Crippen LogP contribution in [0, 0.1) is 0 Å². The Morgan fingerprint density at radius 1 is 0.842 bits per heavy atom. The van der Waals surface area contributed by atoms with Crippen molar-refractivity contribution < 1.29 is 4.79 Å². The number of benzene rings is 2. The average molecular weight is 252 g/mol. The van der Waals surface area contributed by atoms with E-state index in [1.807, 2.05) is 24.3 Å². The lowest BCUT2D eigenvalue weighted by Crippen LogP contribution is -2.30. The molecule has 3 rings (SSSR count). The van der Waals surface area contributed by atoms with Gasteiger partial charge in [-0.05, 0) is 35.4 Å². The van der Waals surface area contributed by atoms with Gasteiger partial charge in [-0.15, -0.1) is 0 Å². The molecule has 3 heteroatoms. The van der Waals surface area contributed by atoms with E-state index in [0.29, 0.717) is 22.5 Å². The van der Waals surface area contributed by atoms with E-state index in [1.165, 1.54) is 0 Å². The summed E-state index contributed by atoms with van der Waals surface area (Å²) in [5.74, 6) is 0.00363. The maximum Gasteiger partial charge on any atom is 0.193 e. The standard InChI is InChI=1S/C16H16N2O/c1-16(2)13-5-3-9(17)7-11(13)15(19)12-8-10(18)4-6-14(12)16/h3-8H,17-18H2,1-2H3. The van der Waals surface area contributed by atoms with Gasteiger partial charge in [-0.3, -0.25) is 4.79 Å². The molecule has 3 nitrogen and oxygen atoms in total. The Bertz CT molecular complexity index is 644. The maximum atomic E-state index is 12.6. The smallest absolute Gasteiger partial charge is 0.193 e. The Morgan fingerprint density at radius 2 is 1.26 bits per heavy atom. The fraction of sp³-hybridized carbons (Fsp3) is 0.188. The van der Waals surface area contributed by atoms with Gasteiger partial charge in [0.25, 0.3) is 0 Å². The SMILES string of the molecule is CC1(C)c2ccc(N)cc2C(=O)c2cc(N)ccc21. The predicted molar refractivity (Wildman–Crippen MR) is 77.3 cm³/mol. The second kappa shape index (κ2) is 3.60. The first kappa shape index (κ1) is 11.8. The number of hydrogen-bond donors (Lipinski definition) is 2. The number of fused-ring (bicyclic) bond motifs is 2. The van der Waals surface area contributed by atoms with Gasteiger partial charge in [-0.25, -0.2) is 0 Å². The van der Waals surface area contributed by atoms with Crippen LogP contribution in [0.5, 0.6) is 0 Å². The average Bonchev–Trinajstić information content (AvgIpc) is 2.35. The van der Waals surface area contributed by atoms with Crippen LogP contribution in [0.4, 0.5) is 11.4 Å². The molecule has 0 spiro atoms. The van der Waals surface area contributed by atoms with E-state index < -0.39 is 0 Å². The zero-order valence-electron chi connectivity index (χ0n) is 11.0. The number of nitrogens with two attached hydrogens (primary N) is 2. The number of rotatable bonds is 0. The van der Waals surface area contributed by atoms with Gasteiger partial charge in [0.15, 0.2) is 5.78 Å². The number of anilines is 2. The molecule has 0 heterocycles. The topological polar surface area (TPSA) is 69.1 Å². The molecular weight excluding hydrogens is 236 g/mol. The predicted octanol–water partition coefficient (Wildman–Crippen LogP) is 2.72. The van der Waals surface area contributed by atoms with Crippen molar-refractivity contribution in [2.45, 2.75) is 19.3 Å². The van der Waals surface area contributed by atoms with Gasteiger partial charge in [-0.2, -0.15) is 0 Å². The summed E-state index contributed by atoms with van der Waals surface area (Å²) in [4.78, 5) is 12.6. The van der Waals surface area contributed by atoms with E-state index in [2.05, 4.69) is 13.8 Å². The summed E-state index contributed by atoms with van der Waals surface area (Å²) in [6.07, 6.45) is 0. The second-order valence-corrected chi connectivity index (χ2v) is 5.56. The Labute approximate surface area is 112 Å². The maximum absolute atomic E-state index is 12.6. The van der Waals surface area contributed by atoms with Crippen molar-refractivity contribution in [3.05, 3.63) is 58.7 Å². The molecule has 1 aliphatic carbocycles. The van der Waals surface area contributed by atoms with Crippen molar-refractivity contribution in [3.63, 3.8) is 0 Å². The van der Waals surface area contributed by atoms with E-state index in [-0.39, 0.29) is 11.2 Å². The summed E-state index contributed by atoms with van der Waals surface area (Å²) in [7, 11) is 0. The lowest BCUT2D eigenvalue weighted by Gasteiger charge is -2.34. The summed E-state index contributed by atoms with van der Waals surface area (Å²) in [5, 5.41) is 0. The lowest BCUT2D eigenvalue weighted by molar-refractivity contribution is 0.103. The summed E-state index contributed by atoms with van der Waals surface area (Å²) < 4.78 is 0. The third kappa shape index (κ3) is 1.55. The molecule has 0 fully saturated rings. The van der Waals surface area contributed by atoms with E-state index in [0.717, 1.165) is 11.1 Å². The summed E-state index contributed by atoms with van der Waals surface area (Å²) >= 11 is 0. The molecule has 2 aromatic carbocycles. The Kier molecular flexibility index (Phi) is 2.23. The first-order chi connectivity index (χ1) is 8.91. The highest BCUT2D eigenvalue weighted by molar-refractivity contribution is 6.14. The second-order valence-electron chi connectivity index (χ2n) is 5.56. The third-order valence-corrected chi connectivity index (χ3v) is 3.92. The Balaban J connectivity index is 2.36. The molecule has 19 heavy (non-hydrogen) atoms. The molecule has 0 aromatic heterocycles. The van der Waals surface area contributed by atoms with Gasteiger partial charge in [0.05, 0.1) is 0 Å². The molecule has 96 valence electrons. The molecule has 0 unspecified atom stereocenters. The number of carbonyl (C=O) groups excluding carboxylic acids is 1. The zero-order chi connectivity index (χ0) is 13.8. The molecule has 0 bridgehead atoms. The van der Waals surface area contributed by atoms with Crippen molar-refractivity contribution in [2.75, 3.05) is 11.5 Å². The molecule has 2 aromatic rings. The Morgan fingerprint density at radius 3 is 1.68 bits per heavy atom. The third-order valence-electron chi connectivity index (χ3n) is 3.92. The van der Waals surface area contributed by atoms with Crippen molar-refractivity contribution in [3.8, 4) is 0 Å². The van der Waals surface area contributed by atoms with Crippen LogP contribution < -0.4 is 11.5 Å². The van der Waals surface area contributed by atoms with Crippen molar-refractivity contribution in [1.82, 2.24) is 0 Å². The minimum absolute atomic E-state index is 0.00363. The van der Waals surface area contributed by atoms with Gasteiger partial charge in [0, 0.05) is 27.9 Å². The van der Waals surface area contributed by atoms with Crippen LogP contribution >= 0.6 is 0 Å². The van der Waals surface area contributed by atoms with E-state index in [4.69, 9.17) is 11.5 Å². The number of carbonyl (C=O) groups is 1. The lowest BCUT2D eigenvalue weighted by atomic mass is 9.68. The fourth-order valence-electron chi connectivity index (χ4n) is 2.88. The number of ketones is 1. The van der Waals surface area contributed by atoms with Crippen LogP contribution in [0.25, 0.3) is 0 Å². The summed E-state index contributed by atoms with van der Waals surface area (Å²) in [6, 6.07) is 11.1. The van der Waals surface area contributed by atoms with E-state index in [1.54, 1.807) is 12.1 Å². The quantitative estimate of drug-likeness (QED) is 0.708. The molecule has 4 N–H and O–H groups in total. The monoisotopic (exact) mass is 252 g/mol. The zero-order valence-corrected chi connectivity index (χ0v) is 11.0. The molecule has 0 saturated carbocycles. The van der Waals surface area contributed by atoms with Gasteiger partial charge in [0.2, 0.25) is 0 Å². The highest BCUT2D eigenvalue weighted by Gasteiger charge is 2.36. The normalized spacial score (nSPS) is 15.8. The number of nitrogen functional groups attached to an aromatic ring is 2. The van der Waals surface area contributed by atoms with Crippen molar-refractivity contribution in [1.29, 1.82) is 0 Å². The molecule has 1 aliphatic rings. The van der Waals surface area contributed by atoms with Crippen molar-refractivity contribution >= 4 is 17.2 Å². The van der Waals surface area contributed by atoms with Crippen LogP contribution in [0.1, 0.15) is 40.9 Å². The molecule has 0 aliphatic heterocycles. The van der Waals surface area contributed by atoms with Gasteiger partial charge in [-0.1, -0.05) is 26.0 Å². The highest BCUT2D eigenvalue weighted by Crippen LogP contribution is 2.42.